The van der Waals surface area contributed by atoms with Gasteiger partial charge in [0, 0.05) is 5.92 Å². The molecule has 2 atom stereocenters. The van der Waals surface area contributed by atoms with Crippen molar-refractivity contribution in [2.24, 2.45) is 5.92 Å². The van der Waals surface area contributed by atoms with Gasteiger partial charge in [0.1, 0.15) is 0 Å². The number of carbonyl (C=O) groups is 1. The molecule has 3 nitrogen and oxygen atoms in total. The Balaban J connectivity index is 2.66. The van der Waals surface area contributed by atoms with Crippen molar-refractivity contribution in [1.29, 1.82) is 0 Å². The van der Waals surface area contributed by atoms with Gasteiger partial charge in [-0.15, -0.1) is 0 Å². The summed E-state index contributed by atoms with van der Waals surface area (Å²) in [4.78, 5) is 11.7. The first-order valence-corrected chi connectivity index (χ1v) is 5.65. The predicted molar refractivity (Wildman–Crippen MR) is 63.9 cm³/mol. The number of rotatable bonds is 5. The van der Waals surface area contributed by atoms with E-state index < -0.39 is 0 Å². The van der Waals surface area contributed by atoms with E-state index in [0.29, 0.717) is 0 Å². The number of hydrogen-bond donors (Lipinski definition) is 2. The molecule has 16 heavy (non-hydrogen) atoms. The zero-order valence-electron chi connectivity index (χ0n) is 9.81. The van der Waals surface area contributed by atoms with E-state index in [1.165, 1.54) is 0 Å². The quantitative estimate of drug-likeness (QED) is 0.797. The summed E-state index contributed by atoms with van der Waals surface area (Å²) < 4.78 is 0. The second-order valence-corrected chi connectivity index (χ2v) is 3.96. The van der Waals surface area contributed by atoms with Crippen LogP contribution in [0, 0.1) is 5.92 Å². The molecule has 1 rings (SSSR count). The Bertz CT molecular complexity index is 324. The van der Waals surface area contributed by atoms with Gasteiger partial charge >= 0.3 is 0 Å². The lowest BCUT2D eigenvalue weighted by Gasteiger charge is -2.19. The first-order valence-electron chi connectivity index (χ1n) is 5.65. The van der Waals surface area contributed by atoms with Gasteiger partial charge in [-0.3, -0.25) is 4.79 Å². The lowest BCUT2D eigenvalue weighted by Crippen LogP contribution is -2.34. The Hall–Kier alpha value is -1.35. The summed E-state index contributed by atoms with van der Waals surface area (Å²) in [7, 11) is 0. The summed E-state index contributed by atoms with van der Waals surface area (Å²) in [6.45, 7) is 3.78. The van der Waals surface area contributed by atoms with Crippen LogP contribution in [0.2, 0.25) is 0 Å². The molecule has 0 fully saturated rings. The molecule has 0 saturated carbocycles. The van der Waals surface area contributed by atoms with Gasteiger partial charge in [-0.05, 0) is 12.0 Å². The molecule has 0 radical (unpaired) electrons. The van der Waals surface area contributed by atoms with Gasteiger partial charge in [0.15, 0.2) is 0 Å². The minimum absolute atomic E-state index is 0.00889. The molecule has 1 amide bonds. The summed E-state index contributed by atoms with van der Waals surface area (Å²) >= 11 is 0. The van der Waals surface area contributed by atoms with Crippen molar-refractivity contribution in [1.82, 2.24) is 5.32 Å². The average Bonchev–Trinajstić information content (AvgIpc) is 2.35. The van der Waals surface area contributed by atoms with E-state index in [-0.39, 0.29) is 24.5 Å². The molecular weight excluding hydrogens is 202 g/mol. The van der Waals surface area contributed by atoms with Crippen molar-refractivity contribution in [2.45, 2.75) is 26.3 Å². The molecule has 0 heterocycles. The molecular formula is C13H19NO2. The minimum atomic E-state index is -0.303. The maximum absolute atomic E-state index is 11.7. The fraction of sp³-hybridized carbons (Fsp3) is 0.462. The summed E-state index contributed by atoms with van der Waals surface area (Å²) in [6, 6.07) is 9.20. The molecule has 2 N–H and O–H groups in total. The van der Waals surface area contributed by atoms with Gasteiger partial charge in [-0.1, -0.05) is 44.2 Å². The van der Waals surface area contributed by atoms with E-state index in [1.807, 2.05) is 44.2 Å². The van der Waals surface area contributed by atoms with E-state index in [4.69, 9.17) is 0 Å². The fourth-order valence-corrected chi connectivity index (χ4v) is 1.42. The molecule has 0 saturated heterocycles. The third kappa shape index (κ3) is 3.35. The highest BCUT2D eigenvalue weighted by molar-refractivity contribution is 5.78. The van der Waals surface area contributed by atoms with Crippen LogP contribution in [-0.4, -0.2) is 17.6 Å². The maximum atomic E-state index is 11.7. The Morgan fingerprint density at radius 2 is 2.00 bits per heavy atom. The van der Waals surface area contributed by atoms with E-state index >= 15 is 0 Å². The standard InChI is InChI=1S/C13H19NO2/c1-3-10(2)13(16)14-12(9-15)11-7-5-4-6-8-11/h4-8,10,12,15H,3,9H2,1-2H3,(H,14,16). The van der Waals surface area contributed by atoms with Crippen LogP contribution in [0.5, 0.6) is 0 Å². The van der Waals surface area contributed by atoms with Gasteiger partial charge in [0.2, 0.25) is 5.91 Å². The van der Waals surface area contributed by atoms with Crippen molar-refractivity contribution in [3.63, 3.8) is 0 Å². The minimum Gasteiger partial charge on any atom is -0.394 e. The number of amides is 1. The second-order valence-electron chi connectivity index (χ2n) is 3.96. The monoisotopic (exact) mass is 221 g/mol. The third-order valence-electron chi connectivity index (χ3n) is 2.76. The number of aliphatic hydroxyl groups is 1. The van der Waals surface area contributed by atoms with Gasteiger partial charge in [-0.2, -0.15) is 0 Å². The van der Waals surface area contributed by atoms with Gasteiger partial charge < -0.3 is 10.4 Å². The van der Waals surface area contributed by atoms with E-state index in [9.17, 15) is 9.90 Å². The van der Waals surface area contributed by atoms with Crippen LogP contribution in [0.25, 0.3) is 0 Å². The SMILES string of the molecule is CCC(C)C(=O)NC(CO)c1ccccc1. The summed E-state index contributed by atoms with van der Waals surface area (Å²) in [6.07, 6.45) is 0.804. The first kappa shape index (κ1) is 12.7. The molecule has 1 aromatic rings. The normalized spacial score (nSPS) is 14.2. The van der Waals surface area contributed by atoms with Crippen molar-refractivity contribution in [3.8, 4) is 0 Å². The van der Waals surface area contributed by atoms with Crippen molar-refractivity contribution in [2.75, 3.05) is 6.61 Å². The Labute approximate surface area is 96.5 Å². The van der Waals surface area contributed by atoms with Gasteiger partial charge in [0.25, 0.3) is 0 Å². The molecule has 0 bridgehead atoms. The molecule has 0 aliphatic heterocycles. The smallest absolute Gasteiger partial charge is 0.223 e. The first-order chi connectivity index (χ1) is 7.69. The van der Waals surface area contributed by atoms with E-state index in [1.54, 1.807) is 0 Å². The molecule has 2 unspecified atom stereocenters. The lowest BCUT2D eigenvalue weighted by molar-refractivity contribution is -0.125. The van der Waals surface area contributed by atoms with Gasteiger partial charge in [-0.25, -0.2) is 0 Å². The average molecular weight is 221 g/mol. The topological polar surface area (TPSA) is 49.3 Å². The molecule has 88 valence electrons. The van der Waals surface area contributed by atoms with Crippen LogP contribution < -0.4 is 5.32 Å². The number of benzene rings is 1. The summed E-state index contributed by atoms with van der Waals surface area (Å²) in [5.74, 6) is -0.0248. The molecule has 0 aromatic heterocycles. The Kier molecular flexibility index (Phi) is 4.99. The number of carbonyl (C=O) groups excluding carboxylic acids is 1. The van der Waals surface area contributed by atoms with Crippen molar-refractivity contribution in [3.05, 3.63) is 35.9 Å². The predicted octanol–water partition coefficient (Wildman–Crippen LogP) is 1.88. The highest BCUT2D eigenvalue weighted by Crippen LogP contribution is 2.13. The molecule has 0 spiro atoms. The zero-order valence-corrected chi connectivity index (χ0v) is 9.81. The van der Waals surface area contributed by atoms with E-state index in [2.05, 4.69) is 5.32 Å². The number of hydrogen-bond acceptors (Lipinski definition) is 2. The fourth-order valence-electron chi connectivity index (χ4n) is 1.42. The molecule has 0 aliphatic rings. The highest BCUT2D eigenvalue weighted by Gasteiger charge is 2.16. The lowest BCUT2D eigenvalue weighted by atomic mass is 10.0. The Morgan fingerprint density at radius 3 is 2.50 bits per heavy atom. The third-order valence-corrected chi connectivity index (χ3v) is 2.76. The second kappa shape index (κ2) is 6.28. The van der Waals surface area contributed by atoms with E-state index in [0.717, 1.165) is 12.0 Å². The molecule has 1 aromatic carbocycles. The van der Waals surface area contributed by atoms with Crippen LogP contribution in [-0.2, 0) is 4.79 Å². The van der Waals surface area contributed by atoms with Gasteiger partial charge in [0.05, 0.1) is 12.6 Å². The number of nitrogens with one attached hydrogen (secondary N) is 1. The van der Waals surface area contributed by atoms with Crippen LogP contribution in [0.4, 0.5) is 0 Å². The van der Waals surface area contributed by atoms with Crippen LogP contribution in [0.1, 0.15) is 31.9 Å². The van der Waals surface area contributed by atoms with Crippen LogP contribution >= 0.6 is 0 Å². The Morgan fingerprint density at radius 1 is 1.38 bits per heavy atom. The van der Waals surface area contributed by atoms with Crippen molar-refractivity contribution < 1.29 is 9.90 Å². The number of aliphatic hydroxyl groups excluding tert-OH is 1. The summed E-state index contributed by atoms with van der Waals surface area (Å²) in [5.41, 5.74) is 0.932. The molecule has 0 aliphatic carbocycles. The van der Waals surface area contributed by atoms with Crippen molar-refractivity contribution >= 4 is 5.91 Å². The zero-order chi connectivity index (χ0) is 12.0. The van der Waals surface area contributed by atoms with Crippen LogP contribution in [0.3, 0.4) is 0 Å². The molecule has 3 heteroatoms. The van der Waals surface area contributed by atoms with Crippen LogP contribution in [0.15, 0.2) is 30.3 Å². The largest absolute Gasteiger partial charge is 0.394 e. The highest BCUT2D eigenvalue weighted by atomic mass is 16.3. The maximum Gasteiger partial charge on any atom is 0.223 e. The summed E-state index contributed by atoms with van der Waals surface area (Å²) in [5, 5.41) is 12.1.